The van der Waals surface area contributed by atoms with Gasteiger partial charge in [-0.25, -0.2) is 9.59 Å². The molecule has 0 fully saturated rings. The molecule has 3 aromatic rings. The summed E-state index contributed by atoms with van der Waals surface area (Å²) in [7, 11) is 0. The highest BCUT2D eigenvalue weighted by Crippen LogP contribution is 2.10. The normalized spacial score (nSPS) is 12.3. The number of rotatable bonds is 11. The molecule has 0 saturated carbocycles. The molecule has 2 amide bonds. The van der Waals surface area contributed by atoms with Gasteiger partial charge in [-0.05, 0) is 22.6 Å². The molecule has 0 bridgehead atoms. The zero-order valence-corrected chi connectivity index (χ0v) is 20.6. The van der Waals surface area contributed by atoms with Crippen LogP contribution in [0.5, 0.6) is 0 Å². The average Bonchev–Trinajstić information content (AvgIpc) is 2.90. The van der Waals surface area contributed by atoms with Crippen molar-refractivity contribution in [2.24, 2.45) is 5.92 Å². The van der Waals surface area contributed by atoms with Crippen LogP contribution in [0.1, 0.15) is 30.5 Å². The highest BCUT2D eigenvalue weighted by atomic mass is 16.5. The lowest BCUT2D eigenvalue weighted by Gasteiger charge is -2.24. The third-order valence-electron chi connectivity index (χ3n) is 5.55. The minimum atomic E-state index is -0.946. The van der Waals surface area contributed by atoms with E-state index in [1.54, 1.807) is 0 Å². The van der Waals surface area contributed by atoms with Crippen LogP contribution in [0.3, 0.4) is 0 Å². The van der Waals surface area contributed by atoms with Gasteiger partial charge in [-0.15, -0.1) is 0 Å². The zero-order chi connectivity index (χ0) is 25.8. The first-order chi connectivity index (χ1) is 17.4. The van der Waals surface area contributed by atoms with E-state index < -0.39 is 30.1 Å². The van der Waals surface area contributed by atoms with E-state index in [4.69, 9.17) is 9.47 Å². The van der Waals surface area contributed by atoms with Gasteiger partial charge in [0, 0.05) is 6.42 Å². The molecule has 7 nitrogen and oxygen atoms in total. The minimum Gasteiger partial charge on any atom is -0.459 e. The third kappa shape index (κ3) is 8.58. The molecule has 3 rings (SSSR count). The van der Waals surface area contributed by atoms with E-state index in [-0.39, 0.29) is 25.6 Å². The lowest BCUT2D eigenvalue weighted by atomic mass is 10.0. The Morgan fingerprint density at radius 1 is 0.667 bits per heavy atom. The molecule has 3 aromatic carbocycles. The van der Waals surface area contributed by atoms with E-state index in [1.165, 1.54) is 0 Å². The maximum Gasteiger partial charge on any atom is 0.408 e. The Morgan fingerprint density at radius 2 is 1.14 bits per heavy atom. The summed E-state index contributed by atoms with van der Waals surface area (Å²) in [5.74, 6) is -1.25. The SMILES string of the molecule is CC(C)[C@H](NC(=O)[C@@H](Cc1ccccc1)NC(=O)OCc1ccccc1)C(=O)OCc1ccccc1. The molecule has 0 aromatic heterocycles. The summed E-state index contributed by atoms with van der Waals surface area (Å²) in [4.78, 5) is 38.6. The average molecular weight is 489 g/mol. The molecule has 2 N–H and O–H groups in total. The zero-order valence-electron chi connectivity index (χ0n) is 20.6. The largest absolute Gasteiger partial charge is 0.459 e. The van der Waals surface area contributed by atoms with Crippen LogP contribution in [-0.2, 0) is 38.7 Å². The van der Waals surface area contributed by atoms with Crippen molar-refractivity contribution >= 4 is 18.0 Å². The summed E-state index contributed by atoms with van der Waals surface area (Å²) >= 11 is 0. The van der Waals surface area contributed by atoms with Gasteiger partial charge in [0.25, 0.3) is 0 Å². The van der Waals surface area contributed by atoms with Crippen LogP contribution < -0.4 is 10.6 Å². The third-order valence-corrected chi connectivity index (χ3v) is 5.55. The Kier molecular flexibility index (Phi) is 10.1. The molecule has 0 spiro atoms. The predicted molar refractivity (Wildman–Crippen MR) is 137 cm³/mol. The van der Waals surface area contributed by atoms with Crippen molar-refractivity contribution in [3.63, 3.8) is 0 Å². The highest BCUT2D eigenvalue weighted by molar-refractivity contribution is 5.90. The summed E-state index contributed by atoms with van der Waals surface area (Å²) in [6.45, 7) is 3.83. The first-order valence-electron chi connectivity index (χ1n) is 11.9. The first-order valence-corrected chi connectivity index (χ1v) is 11.9. The van der Waals surface area contributed by atoms with Crippen molar-refractivity contribution in [1.82, 2.24) is 10.6 Å². The van der Waals surface area contributed by atoms with Gasteiger partial charge >= 0.3 is 12.1 Å². The number of esters is 1. The van der Waals surface area contributed by atoms with E-state index in [1.807, 2.05) is 105 Å². The fourth-order valence-electron chi connectivity index (χ4n) is 3.54. The van der Waals surface area contributed by atoms with Gasteiger partial charge in [0.1, 0.15) is 25.3 Å². The van der Waals surface area contributed by atoms with E-state index >= 15 is 0 Å². The molecule has 0 aliphatic carbocycles. The smallest absolute Gasteiger partial charge is 0.408 e. The van der Waals surface area contributed by atoms with E-state index in [0.29, 0.717) is 0 Å². The number of nitrogens with one attached hydrogen (secondary N) is 2. The molecule has 36 heavy (non-hydrogen) atoms. The monoisotopic (exact) mass is 488 g/mol. The summed E-state index contributed by atoms with van der Waals surface area (Å²) in [6.07, 6.45) is -0.487. The number of alkyl carbamates (subject to hydrolysis) is 1. The molecule has 0 aliphatic heterocycles. The Balaban J connectivity index is 1.65. The highest BCUT2D eigenvalue weighted by Gasteiger charge is 2.30. The lowest BCUT2D eigenvalue weighted by molar-refractivity contribution is -0.150. The second-order valence-corrected chi connectivity index (χ2v) is 8.77. The van der Waals surface area contributed by atoms with Crippen molar-refractivity contribution in [2.45, 2.75) is 45.6 Å². The summed E-state index contributed by atoms with van der Waals surface area (Å²) in [5.41, 5.74) is 2.54. The van der Waals surface area contributed by atoms with Crippen LogP contribution in [0, 0.1) is 5.92 Å². The van der Waals surface area contributed by atoms with Gasteiger partial charge in [0.2, 0.25) is 5.91 Å². The molecular weight excluding hydrogens is 456 g/mol. The summed E-state index contributed by atoms with van der Waals surface area (Å²) in [6, 6.07) is 26.1. The Labute approximate surface area is 211 Å². The van der Waals surface area contributed by atoms with Gasteiger partial charge in [-0.1, -0.05) is 105 Å². The van der Waals surface area contributed by atoms with Gasteiger partial charge in [-0.3, -0.25) is 4.79 Å². The fraction of sp³-hybridized carbons (Fsp3) is 0.276. The van der Waals surface area contributed by atoms with E-state index in [9.17, 15) is 14.4 Å². The van der Waals surface area contributed by atoms with Gasteiger partial charge in [0.05, 0.1) is 0 Å². The number of carbonyl (C=O) groups is 3. The molecule has 7 heteroatoms. The molecular formula is C29H32N2O5. The number of carbonyl (C=O) groups excluding carboxylic acids is 3. The lowest BCUT2D eigenvalue weighted by Crippen LogP contribution is -2.54. The van der Waals surface area contributed by atoms with Crippen molar-refractivity contribution in [3.05, 3.63) is 108 Å². The van der Waals surface area contributed by atoms with Gasteiger partial charge < -0.3 is 20.1 Å². The fourth-order valence-corrected chi connectivity index (χ4v) is 3.54. The number of ether oxygens (including phenoxy) is 2. The van der Waals surface area contributed by atoms with Crippen molar-refractivity contribution < 1.29 is 23.9 Å². The summed E-state index contributed by atoms with van der Waals surface area (Å²) < 4.78 is 10.8. The molecule has 0 heterocycles. The molecule has 0 saturated heterocycles. The van der Waals surface area contributed by atoms with E-state index in [0.717, 1.165) is 16.7 Å². The topological polar surface area (TPSA) is 93.7 Å². The van der Waals surface area contributed by atoms with Crippen molar-refractivity contribution in [2.75, 3.05) is 0 Å². The Morgan fingerprint density at radius 3 is 1.64 bits per heavy atom. The first kappa shape index (κ1) is 26.5. The molecule has 0 radical (unpaired) electrons. The molecule has 188 valence electrons. The molecule has 0 aliphatic rings. The maximum atomic E-state index is 13.3. The van der Waals surface area contributed by atoms with Gasteiger partial charge in [-0.2, -0.15) is 0 Å². The molecule has 2 atom stereocenters. The minimum absolute atomic E-state index is 0.0762. The summed E-state index contributed by atoms with van der Waals surface area (Å²) in [5, 5.41) is 5.42. The second kappa shape index (κ2) is 13.7. The van der Waals surface area contributed by atoms with Crippen LogP contribution in [-0.4, -0.2) is 30.1 Å². The standard InChI is InChI=1S/C29H32N2O5/c1-21(2)26(28(33)35-19-23-14-8-4-9-15-23)31-27(32)25(18-22-12-6-3-7-13-22)30-29(34)36-20-24-16-10-5-11-17-24/h3-17,21,25-26H,18-20H2,1-2H3,(H,30,34)(H,31,32)/t25-,26+/m1/s1. The van der Waals surface area contributed by atoms with Gasteiger partial charge in [0.15, 0.2) is 0 Å². The van der Waals surface area contributed by atoms with Crippen LogP contribution in [0.2, 0.25) is 0 Å². The Bertz CT molecular complexity index is 1100. The van der Waals surface area contributed by atoms with Crippen molar-refractivity contribution in [3.8, 4) is 0 Å². The van der Waals surface area contributed by atoms with Crippen LogP contribution in [0.4, 0.5) is 4.79 Å². The number of amides is 2. The second-order valence-electron chi connectivity index (χ2n) is 8.77. The van der Waals surface area contributed by atoms with Crippen LogP contribution in [0.15, 0.2) is 91.0 Å². The Hall–Kier alpha value is -4.13. The number of hydrogen-bond donors (Lipinski definition) is 2. The van der Waals surface area contributed by atoms with Crippen molar-refractivity contribution in [1.29, 1.82) is 0 Å². The van der Waals surface area contributed by atoms with E-state index in [2.05, 4.69) is 10.6 Å². The van der Waals surface area contributed by atoms with Crippen LogP contribution in [0.25, 0.3) is 0 Å². The molecule has 0 unspecified atom stereocenters. The van der Waals surface area contributed by atoms with Crippen LogP contribution >= 0.6 is 0 Å². The quantitative estimate of drug-likeness (QED) is 0.390. The number of hydrogen-bond acceptors (Lipinski definition) is 5. The maximum absolute atomic E-state index is 13.3. The number of benzene rings is 3. The predicted octanol–water partition coefficient (Wildman–Crippen LogP) is 4.41.